The van der Waals surface area contributed by atoms with Crippen LogP contribution in [0.3, 0.4) is 0 Å². The smallest absolute Gasteiger partial charge is 0.225 e. The summed E-state index contributed by atoms with van der Waals surface area (Å²) >= 11 is 0. The normalized spacial score (nSPS) is 20.0. The highest BCUT2D eigenvalue weighted by molar-refractivity contribution is 5.43. The minimum atomic E-state index is 0.236. The second-order valence-corrected chi connectivity index (χ2v) is 4.58. The van der Waals surface area contributed by atoms with Crippen LogP contribution in [0.4, 0.5) is 11.8 Å². The lowest BCUT2D eigenvalue weighted by Gasteiger charge is -2.16. The highest BCUT2D eigenvalue weighted by Crippen LogP contribution is 2.18. The van der Waals surface area contributed by atoms with Crippen LogP contribution in [0, 0.1) is 0 Å². The van der Waals surface area contributed by atoms with Crippen LogP contribution >= 0.6 is 0 Å². The fourth-order valence-corrected chi connectivity index (χ4v) is 2.30. The SMILES string of the molecule is CCCN1CC[C@H](Nc2cc(OC)nc(N)n2)C1. The van der Waals surface area contributed by atoms with Gasteiger partial charge < -0.3 is 20.7 Å². The monoisotopic (exact) mass is 251 g/mol. The van der Waals surface area contributed by atoms with Gasteiger partial charge in [-0.2, -0.15) is 9.97 Å². The Bertz CT molecular complexity index is 398. The minimum absolute atomic E-state index is 0.236. The molecule has 0 saturated carbocycles. The summed E-state index contributed by atoms with van der Waals surface area (Å²) in [5.74, 6) is 1.47. The van der Waals surface area contributed by atoms with Gasteiger partial charge >= 0.3 is 0 Å². The fourth-order valence-electron chi connectivity index (χ4n) is 2.30. The van der Waals surface area contributed by atoms with Gasteiger partial charge in [-0.25, -0.2) is 0 Å². The van der Waals surface area contributed by atoms with E-state index in [-0.39, 0.29) is 5.95 Å². The number of nitrogen functional groups attached to an aromatic ring is 1. The maximum Gasteiger partial charge on any atom is 0.225 e. The Balaban J connectivity index is 1.95. The molecule has 0 amide bonds. The van der Waals surface area contributed by atoms with Gasteiger partial charge in [0.2, 0.25) is 11.8 Å². The maximum absolute atomic E-state index is 5.63. The Hall–Kier alpha value is -1.56. The molecule has 1 aromatic rings. The van der Waals surface area contributed by atoms with Crippen molar-refractivity contribution >= 4 is 11.8 Å². The van der Waals surface area contributed by atoms with Crippen LogP contribution < -0.4 is 15.8 Å². The second-order valence-electron chi connectivity index (χ2n) is 4.58. The predicted molar refractivity (Wildman–Crippen MR) is 71.8 cm³/mol. The van der Waals surface area contributed by atoms with Gasteiger partial charge in [-0.05, 0) is 19.4 Å². The first-order valence-electron chi connectivity index (χ1n) is 6.38. The number of hydrogen-bond acceptors (Lipinski definition) is 6. The molecule has 0 bridgehead atoms. The Kier molecular flexibility index (Phi) is 4.19. The van der Waals surface area contributed by atoms with E-state index in [4.69, 9.17) is 10.5 Å². The van der Waals surface area contributed by atoms with Crippen LogP contribution in [-0.2, 0) is 0 Å². The van der Waals surface area contributed by atoms with Crippen LogP contribution in [0.2, 0.25) is 0 Å². The highest BCUT2D eigenvalue weighted by Gasteiger charge is 2.22. The summed E-state index contributed by atoms with van der Waals surface area (Å²) in [4.78, 5) is 10.6. The molecule has 1 atom stereocenters. The standard InChI is InChI=1S/C12H21N5O/c1-3-5-17-6-4-9(8-17)14-10-7-11(18-2)16-12(13)15-10/h7,9H,3-6,8H2,1-2H3,(H3,13,14,15,16)/t9-/m0/s1. The Morgan fingerprint density at radius 2 is 2.39 bits per heavy atom. The number of rotatable bonds is 5. The van der Waals surface area contributed by atoms with Crippen molar-refractivity contribution in [2.45, 2.75) is 25.8 Å². The number of likely N-dealkylation sites (tertiary alicyclic amines) is 1. The molecule has 18 heavy (non-hydrogen) atoms. The van der Waals surface area contributed by atoms with E-state index < -0.39 is 0 Å². The van der Waals surface area contributed by atoms with Crippen molar-refractivity contribution in [1.29, 1.82) is 0 Å². The van der Waals surface area contributed by atoms with Crippen molar-refractivity contribution in [3.63, 3.8) is 0 Å². The molecule has 1 aromatic heterocycles. The number of methoxy groups -OCH3 is 1. The molecule has 2 heterocycles. The van der Waals surface area contributed by atoms with E-state index in [1.165, 1.54) is 6.42 Å². The molecule has 0 aliphatic carbocycles. The van der Waals surface area contributed by atoms with Crippen molar-refractivity contribution in [2.75, 3.05) is 37.8 Å². The lowest BCUT2D eigenvalue weighted by Crippen LogP contribution is -2.27. The quantitative estimate of drug-likeness (QED) is 0.812. The van der Waals surface area contributed by atoms with Crippen LogP contribution in [0.1, 0.15) is 19.8 Å². The van der Waals surface area contributed by atoms with Gasteiger partial charge in [0.25, 0.3) is 0 Å². The van der Waals surface area contributed by atoms with E-state index in [2.05, 4.69) is 27.1 Å². The third-order valence-electron chi connectivity index (χ3n) is 3.09. The summed E-state index contributed by atoms with van der Waals surface area (Å²) in [6.07, 6.45) is 2.33. The second kappa shape index (κ2) is 5.86. The maximum atomic E-state index is 5.63. The summed E-state index contributed by atoms with van der Waals surface area (Å²) in [6.45, 7) is 5.56. The predicted octanol–water partition coefficient (Wildman–Crippen LogP) is 0.964. The van der Waals surface area contributed by atoms with Crippen molar-refractivity contribution in [2.24, 2.45) is 0 Å². The molecular formula is C12H21N5O. The van der Waals surface area contributed by atoms with Gasteiger partial charge in [-0.3, -0.25) is 0 Å². The van der Waals surface area contributed by atoms with Gasteiger partial charge in [0.05, 0.1) is 7.11 Å². The summed E-state index contributed by atoms with van der Waals surface area (Å²) in [6, 6.07) is 2.20. The highest BCUT2D eigenvalue weighted by atomic mass is 16.5. The molecular weight excluding hydrogens is 230 g/mol. The summed E-state index contributed by atoms with van der Waals surface area (Å²) in [7, 11) is 1.57. The van der Waals surface area contributed by atoms with E-state index in [1.807, 2.05) is 0 Å². The van der Waals surface area contributed by atoms with E-state index in [0.29, 0.717) is 11.9 Å². The first-order valence-corrected chi connectivity index (χ1v) is 6.38. The van der Waals surface area contributed by atoms with Gasteiger partial charge in [0.15, 0.2) is 0 Å². The molecule has 0 spiro atoms. The molecule has 2 rings (SSSR count). The van der Waals surface area contributed by atoms with Gasteiger partial charge in [-0.15, -0.1) is 0 Å². The summed E-state index contributed by atoms with van der Waals surface area (Å²) < 4.78 is 5.08. The zero-order valence-electron chi connectivity index (χ0n) is 11.0. The molecule has 1 fully saturated rings. The number of hydrogen-bond donors (Lipinski definition) is 2. The Labute approximate surface area is 108 Å². The van der Waals surface area contributed by atoms with Gasteiger partial charge in [0, 0.05) is 25.2 Å². The fraction of sp³-hybridized carbons (Fsp3) is 0.667. The van der Waals surface area contributed by atoms with Crippen LogP contribution in [0.5, 0.6) is 5.88 Å². The van der Waals surface area contributed by atoms with E-state index in [1.54, 1.807) is 13.2 Å². The molecule has 6 nitrogen and oxygen atoms in total. The van der Waals surface area contributed by atoms with Crippen molar-refractivity contribution in [1.82, 2.24) is 14.9 Å². The van der Waals surface area contributed by atoms with Crippen LogP contribution in [0.15, 0.2) is 6.07 Å². The van der Waals surface area contributed by atoms with E-state index in [9.17, 15) is 0 Å². The van der Waals surface area contributed by atoms with Crippen molar-refractivity contribution < 1.29 is 4.74 Å². The molecule has 0 unspecified atom stereocenters. The van der Waals surface area contributed by atoms with Gasteiger partial charge in [-0.1, -0.05) is 6.92 Å². The molecule has 0 aromatic carbocycles. The molecule has 100 valence electrons. The van der Waals surface area contributed by atoms with Crippen molar-refractivity contribution in [3.05, 3.63) is 6.07 Å². The van der Waals surface area contributed by atoms with E-state index in [0.717, 1.165) is 31.9 Å². The number of nitrogens with one attached hydrogen (secondary N) is 1. The average Bonchev–Trinajstić information content (AvgIpc) is 2.76. The Morgan fingerprint density at radius 3 is 3.11 bits per heavy atom. The number of aromatic nitrogens is 2. The number of nitrogens with zero attached hydrogens (tertiary/aromatic N) is 3. The third-order valence-corrected chi connectivity index (χ3v) is 3.09. The van der Waals surface area contributed by atoms with E-state index >= 15 is 0 Å². The largest absolute Gasteiger partial charge is 0.481 e. The van der Waals surface area contributed by atoms with Crippen molar-refractivity contribution in [3.8, 4) is 5.88 Å². The third kappa shape index (κ3) is 3.22. The number of nitrogens with two attached hydrogens (primary N) is 1. The first kappa shape index (κ1) is 12.9. The zero-order valence-corrected chi connectivity index (χ0v) is 11.0. The summed E-state index contributed by atoms with van der Waals surface area (Å²) in [5.41, 5.74) is 5.63. The number of anilines is 2. The lowest BCUT2D eigenvalue weighted by atomic mass is 10.2. The molecule has 0 radical (unpaired) electrons. The molecule has 1 aliphatic rings. The van der Waals surface area contributed by atoms with Crippen LogP contribution in [0.25, 0.3) is 0 Å². The average molecular weight is 251 g/mol. The first-order chi connectivity index (χ1) is 8.71. The number of ether oxygens (including phenoxy) is 1. The molecule has 6 heteroatoms. The van der Waals surface area contributed by atoms with Crippen LogP contribution in [-0.4, -0.2) is 47.7 Å². The minimum Gasteiger partial charge on any atom is -0.481 e. The molecule has 1 aliphatic heterocycles. The Morgan fingerprint density at radius 1 is 1.56 bits per heavy atom. The zero-order chi connectivity index (χ0) is 13.0. The van der Waals surface area contributed by atoms with Gasteiger partial charge in [0.1, 0.15) is 5.82 Å². The molecule has 1 saturated heterocycles. The summed E-state index contributed by atoms with van der Waals surface area (Å²) in [5, 5.41) is 3.39. The lowest BCUT2D eigenvalue weighted by molar-refractivity contribution is 0.337. The topological polar surface area (TPSA) is 76.3 Å². The molecule has 3 N–H and O–H groups in total.